The number of aryl methyl sites for hydroxylation is 1. The average Bonchev–Trinajstić information content (AvgIpc) is 3.14. The van der Waals surface area contributed by atoms with E-state index in [1.165, 1.54) is 36.8 Å². The van der Waals surface area contributed by atoms with Gasteiger partial charge in [-0.05, 0) is 49.4 Å². The van der Waals surface area contributed by atoms with Gasteiger partial charge in [0.1, 0.15) is 5.03 Å². The highest BCUT2D eigenvalue weighted by molar-refractivity contribution is 7.99. The van der Waals surface area contributed by atoms with E-state index in [1.54, 1.807) is 0 Å². The third kappa shape index (κ3) is 5.20. The predicted octanol–water partition coefficient (Wildman–Crippen LogP) is 4.77. The standard InChI is InChI=1S/C24H31N3OS/c1-19-8-2-3-9-20(19)18-26-14-7-15-27(17-16-26)24(28)22-12-6-13-25-23(22)29-21-10-4-5-11-21/h2-3,6,8-9,12-13,21H,4-5,7,10-11,14-18H2,1H3. The normalized spacial score (nSPS) is 18.7. The molecule has 154 valence electrons. The molecule has 1 aliphatic carbocycles. The molecule has 1 aliphatic heterocycles. The Labute approximate surface area is 178 Å². The number of benzene rings is 1. The van der Waals surface area contributed by atoms with E-state index in [9.17, 15) is 4.79 Å². The Bertz CT molecular complexity index is 834. The second kappa shape index (κ2) is 9.77. The zero-order valence-electron chi connectivity index (χ0n) is 17.3. The molecule has 0 atom stereocenters. The summed E-state index contributed by atoms with van der Waals surface area (Å²) < 4.78 is 0. The first-order valence-electron chi connectivity index (χ1n) is 10.9. The van der Waals surface area contributed by atoms with Crippen molar-refractivity contribution in [3.63, 3.8) is 0 Å². The Morgan fingerprint density at radius 3 is 2.69 bits per heavy atom. The number of aromatic nitrogens is 1. The zero-order chi connectivity index (χ0) is 20.1. The summed E-state index contributed by atoms with van der Waals surface area (Å²) >= 11 is 1.81. The highest BCUT2D eigenvalue weighted by Gasteiger charge is 2.25. The molecule has 1 saturated carbocycles. The van der Waals surface area contributed by atoms with Crippen LogP contribution in [0.1, 0.15) is 53.6 Å². The lowest BCUT2D eigenvalue weighted by Gasteiger charge is -2.23. The molecule has 1 aromatic heterocycles. The van der Waals surface area contributed by atoms with Crippen molar-refractivity contribution in [2.45, 2.75) is 55.8 Å². The van der Waals surface area contributed by atoms with Crippen LogP contribution in [-0.4, -0.2) is 52.1 Å². The maximum Gasteiger partial charge on any atom is 0.256 e. The van der Waals surface area contributed by atoms with E-state index in [2.05, 4.69) is 41.1 Å². The largest absolute Gasteiger partial charge is 0.337 e. The molecule has 29 heavy (non-hydrogen) atoms. The van der Waals surface area contributed by atoms with Crippen molar-refractivity contribution in [2.24, 2.45) is 0 Å². The molecule has 0 unspecified atom stereocenters. The molecule has 4 nitrogen and oxygen atoms in total. The number of hydrogen-bond donors (Lipinski definition) is 0. The van der Waals surface area contributed by atoms with Gasteiger partial charge < -0.3 is 4.90 Å². The van der Waals surface area contributed by atoms with Crippen LogP contribution in [0.25, 0.3) is 0 Å². The second-order valence-corrected chi connectivity index (χ2v) is 9.52. The fraction of sp³-hybridized carbons (Fsp3) is 0.500. The molecule has 5 heteroatoms. The van der Waals surface area contributed by atoms with Gasteiger partial charge >= 0.3 is 0 Å². The lowest BCUT2D eigenvalue weighted by Crippen LogP contribution is -2.35. The van der Waals surface area contributed by atoms with Crippen molar-refractivity contribution < 1.29 is 4.79 Å². The first kappa shape index (κ1) is 20.4. The van der Waals surface area contributed by atoms with Gasteiger partial charge in [0, 0.05) is 44.2 Å². The summed E-state index contributed by atoms with van der Waals surface area (Å²) in [4.78, 5) is 22.4. The fourth-order valence-corrected chi connectivity index (χ4v) is 5.63. The van der Waals surface area contributed by atoms with Crippen LogP contribution in [0.4, 0.5) is 0 Å². The number of nitrogens with zero attached hydrogens (tertiary/aromatic N) is 3. The van der Waals surface area contributed by atoms with E-state index in [0.717, 1.165) is 49.7 Å². The summed E-state index contributed by atoms with van der Waals surface area (Å²) in [7, 11) is 0. The molecule has 0 N–H and O–H groups in total. The van der Waals surface area contributed by atoms with Crippen LogP contribution >= 0.6 is 11.8 Å². The lowest BCUT2D eigenvalue weighted by molar-refractivity contribution is 0.0757. The molecule has 1 amide bonds. The maximum absolute atomic E-state index is 13.3. The van der Waals surface area contributed by atoms with Gasteiger partial charge in [0.25, 0.3) is 5.91 Å². The molecule has 1 saturated heterocycles. The van der Waals surface area contributed by atoms with Gasteiger partial charge in [-0.15, -0.1) is 11.8 Å². The van der Waals surface area contributed by atoms with Crippen LogP contribution in [-0.2, 0) is 6.54 Å². The summed E-state index contributed by atoms with van der Waals surface area (Å²) in [6.45, 7) is 6.71. The molecule has 2 heterocycles. The van der Waals surface area contributed by atoms with Gasteiger partial charge in [0.2, 0.25) is 0 Å². The van der Waals surface area contributed by atoms with Crippen molar-refractivity contribution in [3.05, 3.63) is 59.3 Å². The topological polar surface area (TPSA) is 36.4 Å². The highest BCUT2D eigenvalue weighted by atomic mass is 32.2. The molecule has 0 bridgehead atoms. The minimum atomic E-state index is 0.149. The number of carbonyl (C=O) groups excluding carboxylic acids is 1. The van der Waals surface area contributed by atoms with Crippen molar-refractivity contribution in [1.82, 2.24) is 14.8 Å². The Kier molecular flexibility index (Phi) is 6.88. The summed E-state index contributed by atoms with van der Waals surface area (Å²) in [6, 6.07) is 12.5. The number of hydrogen-bond acceptors (Lipinski definition) is 4. The molecular formula is C24H31N3OS. The molecule has 0 spiro atoms. The van der Waals surface area contributed by atoms with E-state index in [-0.39, 0.29) is 5.91 Å². The minimum Gasteiger partial charge on any atom is -0.337 e. The van der Waals surface area contributed by atoms with E-state index < -0.39 is 0 Å². The quantitative estimate of drug-likeness (QED) is 0.713. The number of pyridine rings is 1. The smallest absolute Gasteiger partial charge is 0.256 e. The molecule has 0 radical (unpaired) electrons. The monoisotopic (exact) mass is 409 g/mol. The average molecular weight is 410 g/mol. The van der Waals surface area contributed by atoms with Gasteiger partial charge in [-0.3, -0.25) is 9.69 Å². The van der Waals surface area contributed by atoms with Crippen molar-refractivity contribution >= 4 is 17.7 Å². The first-order chi connectivity index (χ1) is 14.2. The predicted molar refractivity (Wildman–Crippen MR) is 119 cm³/mol. The summed E-state index contributed by atoms with van der Waals surface area (Å²) in [6.07, 6.45) is 7.93. The minimum absolute atomic E-state index is 0.149. The van der Waals surface area contributed by atoms with Crippen molar-refractivity contribution in [2.75, 3.05) is 26.2 Å². The second-order valence-electron chi connectivity index (χ2n) is 8.23. The molecule has 1 aromatic carbocycles. The van der Waals surface area contributed by atoms with Gasteiger partial charge in [-0.25, -0.2) is 4.98 Å². The number of thioether (sulfide) groups is 1. The van der Waals surface area contributed by atoms with E-state index in [1.807, 2.05) is 35.0 Å². The summed E-state index contributed by atoms with van der Waals surface area (Å²) in [5, 5.41) is 1.54. The molecular weight excluding hydrogens is 378 g/mol. The molecule has 2 aliphatic rings. The maximum atomic E-state index is 13.3. The number of amides is 1. The van der Waals surface area contributed by atoms with E-state index >= 15 is 0 Å². The van der Waals surface area contributed by atoms with Gasteiger partial charge in [0.05, 0.1) is 5.56 Å². The van der Waals surface area contributed by atoms with Crippen LogP contribution in [0.2, 0.25) is 0 Å². The number of rotatable bonds is 5. The van der Waals surface area contributed by atoms with Crippen LogP contribution in [0.15, 0.2) is 47.6 Å². The zero-order valence-corrected chi connectivity index (χ0v) is 18.2. The summed E-state index contributed by atoms with van der Waals surface area (Å²) in [5.41, 5.74) is 3.51. The molecule has 4 rings (SSSR count). The third-order valence-electron chi connectivity index (χ3n) is 6.11. The van der Waals surface area contributed by atoms with Gasteiger partial charge in [-0.1, -0.05) is 37.1 Å². The highest BCUT2D eigenvalue weighted by Crippen LogP contribution is 2.35. The van der Waals surface area contributed by atoms with Crippen LogP contribution in [0.3, 0.4) is 0 Å². The van der Waals surface area contributed by atoms with E-state index in [0.29, 0.717) is 5.25 Å². The molecule has 2 aromatic rings. The van der Waals surface area contributed by atoms with Gasteiger partial charge in [-0.2, -0.15) is 0 Å². The van der Waals surface area contributed by atoms with Crippen LogP contribution in [0.5, 0.6) is 0 Å². The number of carbonyl (C=O) groups is 1. The molecule has 2 fully saturated rings. The third-order valence-corrected chi connectivity index (χ3v) is 7.47. The van der Waals surface area contributed by atoms with Gasteiger partial charge in [0.15, 0.2) is 0 Å². The van der Waals surface area contributed by atoms with Crippen molar-refractivity contribution in [3.8, 4) is 0 Å². The fourth-order valence-electron chi connectivity index (χ4n) is 4.34. The van der Waals surface area contributed by atoms with Crippen molar-refractivity contribution in [1.29, 1.82) is 0 Å². The Hall–Kier alpha value is -1.85. The SMILES string of the molecule is Cc1ccccc1CN1CCCN(C(=O)c2cccnc2SC2CCCC2)CC1. The Morgan fingerprint density at radius 2 is 1.86 bits per heavy atom. The lowest BCUT2D eigenvalue weighted by atomic mass is 10.1. The van der Waals surface area contributed by atoms with Crippen LogP contribution < -0.4 is 0 Å². The van der Waals surface area contributed by atoms with E-state index in [4.69, 9.17) is 0 Å². The first-order valence-corrected chi connectivity index (χ1v) is 11.8. The Morgan fingerprint density at radius 1 is 1.03 bits per heavy atom. The summed E-state index contributed by atoms with van der Waals surface area (Å²) in [5.74, 6) is 0.149. The van der Waals surface area contributed by atoms with Crippen LogP contribution in [0, 0.1) is 6.92 Å². The Balaban J connectivity index is 1.40.